The molecule has 0 bridgehead atoms. The number of hydrogen-bond acceptors (Lipinski definition) is 3. The first-order valence-corrected chi connectivity index (χ1v) is 7.03. The first-order chi connectivity index (χ1) is 9.99. The van der Waals surface area contributed by atoms with Gasteiger partial charge in [0.15, 0.2) is 0 Å². The number of benzene rings is 1. The largest absolute Gasteiger partial charge is 0.489 e. The summed E-state index contributed by atoms with van der Waals surface area (Å²) in [6.45, 7) is 4.71. The van der Waals surface area contributed by atoms with Gasteiger partial charge in [0.2, 0.25) is 5.43 Å². The van der Waals surface area contributed by atoms with E-state index in [0.717, 1.165) is 6.42 Å². The molecule has 1 aliphatic heterocycles. The Morgan fingerprint density at radius 3 is 2.90 bits per heavy atom. The summed E-state index contributed by atoms with van der Waals surface area (Å²) in [5.74, 6) is -0.0981. The molecule has 1 atom stereocenters. The predicted octanol–water partition coefficient (Wildman–Crippen LogP) is 2.68. The molecule has 0 spiro atoms. The number of para-hydroxylation sites is 1. The topological polar surface area (TPSA) is 68.5 Å². The first kappa shape index (κ1) is 13.7. The summed E-state index contributed by atoms with van der Waals surface area (Å²) in [6.07, 6.45) is 2.33. The Kier molecular flexibility index (Phi) is 3.20. The van der Waals surface area contributed by atoms with Crippen LogP contribution >= 0.6 is 0 Å². The molecular formula is C16H17NO4. The lowest BCUT2D eigenvalue weighted by Gasteiger charge is -2.30. The van der Waals surface area contributed by atoms with Crippen molar-refractivity contribution in [2.75, 3.05) is 6.61 Å². The van der Waals surface area contributed by atoms with Crippen LogP contribution in [0.1, 0.15) is 36.7 Å². The minimum atomic E-state index is -1.19. The number of carboxylic acid groups (broad SMARTS) is 1. The highest BCUT2D eigenvalue weighted by atomic mass is 16.5. The Morgan fingerprint density at radius 2 is 2.24 bits per heavy atom. The van der Waals surface area contributed by atoms with Gasteiger partial charge >= 0.3 is 5.97 Å². The second-order valence-corrected chi connectivity index (χ2v) is 5.83. The van der Waals surface area contributed by atoms with E-state index >= 15 is 0 Å². The molecule has 3 rings (SSSR count). The molecule has 1 aliphatic rings. The SMILES string of the molecule is CC(C)C[C@H]1COc2cccc3c(=O)c(C(=O)O)cn1c23. The van der Waals surface area contributed by atoms with Gasteiger partial charge < -0.3 is 14.4 Å². The van der Waals surface area contributed by atoms with Gasteiger partial charge in [-0.2, -0.15) is 0 Å². The van der Waals surface area contributed by atoms with Gasteiger partial charge in [0.25, 0.3) is 0 Å². The number of aromatic nitrogens is 1. The Bertz CT molecular complexity index is 776. The van der Waals surface area contributed by atoms with Crippen LogP contribution in [0.2, 0.25) is 0 Å². The second kappa shape index (κ2) is 4.91. The zero-order chi connectivity index (χ0) is 15.1. The molecule has 0 aliphatic carbocycles. The molecular weight excluding hydrogens is 270 g/mol. The minimum absolute atomic E-state index is 0.0427. The molecule has 0 saturated heterocycles. The minimum Gasteiger partial charge on any atom is -0.489 e. The molecule has 2 heterocycles. The highest BCUT2D eigenvalue weighted by Crippen LogP contribution is 2.33. The third-order valence-electron chi connectivity index (χ3n) is 3.81. The summed E-state index contributed by atoms with van der Waals surface area (Å²) < 4.78 is 7.66. The highest BCUT2D eigenvalue weighted by Gasteiger charge is 2.25. The van der Waals surface area contributed by atoms with E-state index in [-0.39, 0.29) is 11.6 Å². The summed E-state index contributed by atoms with van der Waals surface area (Å²) in [6, 6.07) is 5.23. The number of pyridine rings is 1. The van der Waals surface area contributed by atoms with E-state index in [1.54, 1.807) is 12.1 Å². The first-order valence-electron chi connectivity index (χ1n) is 7.03. The number of nitrogens with zero attached hydrogens (tertiary/aromatic N) is 1. The molecule has 0 fully saturated rings. The summed E-state index contributed by atoms with van der Waals surface area (Å²) in [7, 11) is 0. The third kappa shape index (κ3) is 2.18. The fourth-order valence-electron chi connectivity index (χ4n) is 2.93. The summed E-state index contributed by atoms with van der Waals surface area (Å²) in [5, 5.41) is 9.66. The van der Waals surface area contributed by atoms with Crippen molar-refractivity contribution in [2.45, 2.75) is 26.3 Å². The molecule has 0 radical (unpaired) electrons. The number of hydrogen-bond donors (Lipinski definition) is 1. The standard InChI is InChI=1S/C16H17NO4/c1-9(2)6-10-8-21-13-5-3-4-11-14(13)17(10)7-12(15(11)18)16(19)20/h3-5,7,9-10H,6,8H2,1-2H3,(H,19,20)/t10-/m0/s1. The molecule has 2 aromatic rings. The number of aromatic carboxylic acids is 1. The molecule has 110 valence electrons. The average molecular weight is 287 g/mol. The van der Waals surface area contributed by atoms with Crippen molar-refractivity contribution in [3.63, 3.8) is 0 Å². The zero-order valence-electron chi connectivity index (χ0n) is 12.0. The van der Waals surface area contributed by atoms with Crippen molar-refractivity contribution >= 4 is 16.9 Å². The van der Waals surface area contributed by atoms with Crippen molar-refractivity contribution in [1.82, 2.24) is 4.57 Å². The molecule has 1 aromatic carbocycles. The van der Waals surface area contributed by atoms with Gasteiger partial charge in [-0.05, 0) is 24.5 Å². The van der Waals surface area contributed by atoms with E-state index in [1.807, 2.05) is 10.6 Å². The Labute approximate surface area is 121 Å². The second-order valence-electron chi connectivity index (χ2n) is 5.83. The van der Waals surface area contributed by atoms with Crippen LogP contribution in [0.25, 0.3) is 10.9 Å². The monoisotopic (exact) mass is 287 g/mol. The predicted molar refractivity (Wildman–Crippen MR) is 79.2 cm³/mol. The van der Waals surface area contributed by atoms with Crippen LogP contribution in [0.3, 0.4) is 0 Å². The molecule has 5 heteroatoms. The van der Waals surface area contributed by atoms with Crippen LogP contribution in [0.4, 0.5) is 0 Å². The normalized spacial score (nSPS) is 17.0. The fraction of sp³-hybridized carbons (Fsp3) is 0.375. The van der Waals surface area contributed by atoms with Gasteiger partial charge in [0.1, 0.15) is 17.9 Å². The average Bonchev–Trinajstić information content (AvgIpc) is 2.43. The Balaban J connectivity index is 2.33. The molecule has 1 N–H and O–H groups in total. The van der Waals surface area contributed by atoms with Gasteiger partial charge in [-0.3, -0.25) is 4.79 Å². The molecule has 5 nitrogen and oxygen atoms in total. The van der Waals surface area contributed by atoms with Crippen molar-refractivity contribution < 1.29 is 14.6 Å². The number of rotatable bonds is 3. The fourth-order valence-corrected chi connectivity index (χ4v) is 2.93. The maximum Gasteiger partial charge on any atom is 0.341 e. The lowest BCUT2D eigenvalue weighted by atomic mass is 10.0. The molecule has 1 aromatic heterocycles. The lowest BCUT2D eigenvalue weighted by molar-refractivity contribution is 0.0694. The van der Waals surface area contributed by atoms with E-state index in [1.165, 1.54) is 6.20 Å². The van der Waals surface area contributed by atoms with E-state index in [9.17, 15) is 14.7 Å². The highest BCUT2D eigenvalue weighted by molar-refractivity contribution is 5.94. The van der Waals surface area contributed by atoms with E-state index in [2.05, 4.69) is 13.8 Å². The Morgan fingerprint density at radius 1 is 1.48 bits per heavy atom. The molecule has 0 unspecified atom stereocenters. The Hall–Kier alpha value is -2.30. The molecule has 21 heavy (non-hydrogen) atoms. The van der Waals surface area contributed by atoms with Crippen LogP contribution in [0.5, 0.6) is 5.75 Å². The van der Waals surface area contributed by atoms with Crippen LogP contribution in [-0.4, -0.2) is 22.2 Å². The lowest BCUT2D eigenvalue weighted by Crippen LogP contribution is -2.28. The van der Waals surface area contributed by atoms with Gasteiger partial charge in [0, 0.05) is 6.20 Å². The van der Waals surface area contributed by atoms with Crippen molar-refractivity contribution in [1.29, 1.82) is 0 Å². The van der Waals surface area contributed by atoms with Gasteiger partial charge in [-0.1, -0.05) is 19.9 Å². The number of carboxylic acids is 1. The molecule has 0 amide bonds. The van der Waals surface area contributed by atoms with Gasteiger partial charge in [-0.25, -0.2) is 4.79 Å². The van der Waals surface area contributed by atoms with Crippen LogP contribution in [-0.2, 0) is 0 Å². The van der Waals surface area contributed by atoms with E-state index in [0.29, 0.717) is 29.2 Å². The van der Waals surface area contributed by atoms with E-state index < -0.39 is 11.4 Å². The van der Waals surface area contributed by atoms with E-state index in [4.69, 9.17) is 4.74 Å². The summed E-state index contributed by atoms with van der Waals surface area (Å²) >= 11 is 0. The maximum absolute atomic E-state index is 12.3. The van der Waals surface area contributed by atoms with Crippen LogP contribution < -0.4 is 10.2 Å². The maximum atomic E-state index is 12.3. The number of carbonyl (C=O) groups is 1. The molecule has 0 saturated carbocycles. The smallest absolute Gasteiger partial charge is 0.341 e. The van der Waals surface area contributed by atoms with Crippen LogP contribution in [0, 0.1) is 5.92 Å². The van der Waals surface area contributed by atoms with Crippen molar-refractivity contribution in [3.05, 3.63) is 40.2 Å². The van der Waals surface area contributed by atoms with Gasteiger partial charge in [0.05, 0.1) is 16.9 Å². The quantitative estimate of drug-likeness (QED) is 0.942. The van der Waals surface area contributed by atoms with Crippen molar-refractivity contribution in [2.24, 2.45) is 5.92 Å². The third-order valence-corrected chi connectivity index (χ3v) is 3.81. The van der Waals surface area contributed by atoms with Gasteiger partial charge in [-0.15, -0.1) is 0 Å². The van der Waals surface area contributed by atoms with Crippen molar-refractivity contribution in [3.8, 4) is 5.75 Å². The zero-order valence-corrected chi connectivity index (χ0v) is 12.0. The van der Waals surface area contributed by atoms with Crippen LogP contribution in [0.15, 0.2) is 29.2 Å². The summed E-state index contributed by atoms with van der Waals surface area (Å²) in [4.78, 5) is 23.6. The number of ether oxygens (including phenoxy) is 1. The summed E-state index contributed by atoms with van der Waals surface area (Å²) in [5.41, 5.74) is 0.0594.